The van der Waals surface area contributed by atoms with Gasteiger partial charge in [0, 0.05) is 31.3 Å². The van der Waals surface area contributed by atoms with Crippen LogP contribution in [0.15, 0.2) is 24.3 Å². The molecule has 0 bridgehead atoms. The Kier molecular flexibility index (Phi) is 5.68. The predicted octanol–water partition coefficient (Wildman–Crippen LogP) is 4.09. The monoisotopic (exact) mass is 398 g/mol. The van der Waals surface area contributed by atoms with Crippen LogP contribution in [0.3, 0.4) is 0 Å². The van der Waals surface area contributed by atoms with Gasteiger partial charge in [-0.25, -0.2) is 4.79 Å². The third-order valence-electron chi connectivity index (χ3n) is 4.89. The van der Waals surface area contributed by atoms with E-state index in [0.29, 0.717) is 25.2 Å². The minimum absolute atomic E-state index is 0.222. The molecule has 2 amide bonds. The van der Waals surface area contributed by atoms with Gasteiger partial charge in [-0.1, -0.05) is 32.0 Å². The summed E-state index contributed by atoms with van der Waals surface area (Å²) in [5.41, 5.74) is 3.42. The van der Waals surface area contributed by atoms with Crippen LogP contribution in [-0.4, -0.2) is 38.8 Å². The van der Waals surface area contributed by atoms with E-state index in [2.05, 4.69) is 24.3 Å². The second kappa shape index (κ2) is 7.89. The van der Waals surface area contributed by atoms with E-state index >= 15 is 0 Å². The number of nitrogens with one attached hydrogen (secondary N) is 1. The first-order chi connectivity index (χ1) is 13.6. The molecule has 7 nitrogen and oxygen atoms in total. The summed E-state index contributed by atoms with van der Waals surface area (Å²) in [5.74, 6) is 0.0648. The summed E-state index contributed by atoms with van der Waals surface area (Å²) in [6.45, 7) is 10.5. The maximum atomic E-state index is 13.1. The fourth-order valence-electron chi connectivity index (χ4n) is 3.56. The number of anilines is 1. The summed E-state index contributed by atoms with van der Waals surface area (Å²) in [4.78, 5) is 27.3. The first-order valence-electron chi connectivity index (χ1n) is 9.99. The lowest BCUT2D eigenvalue weighted by molar-refractivity contribution is 0.0222. The summed E-state index contributed by atoms with van der Waals surface area (Å²) in [5, 5.41) is 7.55. The Morgan fingerprint density at radius 1 is 1.21 bits per heavy atom. The minimum atomic E-state index is -0.562. The second-order valence-corrected chi connectivity index (χ2v) is 8.75. The number of fused-ring (bicyclic) bond motifs is 1. The number of carbonyl (C=O) groups is 2. The van der Waals surface area contributed by atoms with Crippen molar-refractivity contribution in [2.24, 2.45) is 7.05 Å². The van der Waals surface area contributed by atoms with Crippen molar-refractivity contribution in [3.63, 3.8) is 0 Å². The zero-order chi connectivity index (χ0) is 21.3. The molecule has 0 atom stereocenters. The fourth-order valence-corrected chi connectivity index (χ4v) is 3.56. The molecule has 3 rings (SSSR count). The third kappa shape index (κ3) is 4.60. The molecule has 0 spiro atoms. The number of nitrogens with zero attached hydrogens (tertiary/aromatic N) is 3. The lowest BCUT2D eigenvalue weighted by atomic mass is 10.0. The Balaban J connectivity index is 1.85. The molecule has 1 aromatic heterocycles. The number of benzene rings is 1. The van der Waals surface area contributed by atoms with E-state index in [1.54, 1.807) is 16.6 Å². The van der Waals surface area contributed by atoms with Crippen LogP contribution in [0.5, 0.6) is 0 Å². The van der Waals surface area contributed by atoms with Gasteiger partial charge in [0.2, 0.25) is 0 Å². The molecule has 156 valence electrons. The van der Waals surface area contributed by atoms with Gasteiger partial charge < -0.3 is 15.0 Å². The molecule has 0 fully saturated rings. The Hall–Kier alpha value is -2.83. The zero-order valence-corrected chi connectivity index (χ0v) is 18.1. The maximum Gasteiger partial charge on any atom is 0.410 e. The standard InChI is InChI=1S/C22H30N4O3/c1-14(2)15-9-7-8-10-17(15)23-20(27)19-16-13-26(21(28)29-22(3,4)5)12-11-18(16)24-25(19)6/h7-10,14H,11-13H2,1-6H3,(H,23,27). The number of hydrogen-bond donors (Lipinski definition) is 1. The van der Waals surface area contributed by atoms with Crippen molar-refractivity contribution in [1.29, 1.82) is 0 Å². The van der Waals surface area contributed by atoms with Gasteiger partial charge in [-0.2, -0.15) is 5.10 Å². The average Bonchev–Trinajstić information content (AvgIpc) is 2.95. The van der Waals surface area contributed by atoms with Crippen LogP contribution in [0.1, 0.15) is 67.8 Å². The van der Waals surface area contributed by atoms with E-state index in [1.165, 1.54) is 0 Å². The van der Waals surface area contributed by atoms with Crippen molar-refractivity contribution in [2.45, 2.75) is 59.1 Å². The van der Waals surface area contributed by atoms with Crippen molar-refractivity contribution in [1.82, 2.24) is 14.7 Å². The van der Waals surface area contributed by atoms with Gasteiger partial charge in [-0.3, -0.25) is 9.48 Å². The van der Waals surface area contributed by atoms with Crippen molar-refractivity contribution in [2.75, 3.05) is 11.9 Å². The quantitative estimate of drug-likeness (QED) is 0.845. The fraction of sp³-hybridized carbons (Fsp3) is 0.500. The van der Waals surface area contributed by atoms with Crippen molar-refractivity contribution >= 4 is 17.7 Å². The van der Waals surface area contributed by atoms with Crippen molar-refractivity contribution in [3.8, 4) is 0 Å². The molecule has 1 N–H and O–H groups in total. The highest BCUT2D eigenvalue weighted by atomic mass is 16.6. The van der Waals surface area contributed by atoms with Gasteiger partial charge >= 0.3 is 6.09 Å². The molecule has 1 aliphatic heterocycles. The number of ether oxygens (including phenoxy) is 1. The lowest BCUT2D eigenvalue weighted by Gasteiger charge is -2.29. The summed E-state index contributed by atoms with van der Waals surface area (Å²) in [6.07, 6.45) is 0.224. The van der Waals surface area contributed by atoms with Crippen molar-refractivity contribution < 1.29 is 14.3 Å². The van der Waals surface area contributed by atoms with E-state index < -0.39 is 5.60 Å². The molecule has 2 aromatic rings. The normalized spacial score (nSPS) is 14.0. The highest BCUT2D eigenvalue weighted by Gasteiger charge is 2.31. The molecule has 0 aliphatic carbocycles. The van der Waals surface area contributed by atoms with Crippen LogP contribution in [0.4, 0.5) is 10.5 Å². The number of hydrogen-bond acceptors (Lipinski definition) is 4. The molecule has 1 aromatic carbocycles. The number of amides is 2. The second-order valence-electron chi connectivity index (χ2n) is 8.75. The van der Waals surface area contributed by atoms with E-state index in [1.807, 2.05) is 45.0 Å². The molecule has 0 radical (unpaired) electrons. The Morgan fingerprint density at radius 3 is 2.55 bits per heavy atom. The highest BCUT2D eigenvalue weighted by molar-refractivity contribution is 6.04. The summed E-state index contributed by atoms with van der Waals surface area (Å²) < 4.78 is 7.10. The van der Waals surface area contributed by atoms with Gasteiger partial charge in [0.05, 0.1) is 12.2 Å². The largest absolute Gasteiger partial charge is 0.444 e. The first-order valence-corrected chi connectivity index (χ1v) is 9.99. The molecule has 2 heterocycles. The van der Waals surface area contributed by atoms with E-state index in [-0.39, 0.29) is 17.9 Å². The Bertz CT molecular complexity index is 925. The number of aromatic nitrogens is 2. The number of carbonyl (C=O) groups excluding carboxylic acids is 2. The molecule has 1 aliphatic rings. The summed E-state index contributed by atoms with van der Waals surface area (Å²) in [6, 6.07) is 7.80. The topological polar surface area (TPSA) is 76.5 Å². The Morgan fingerprint density at radius 2 is 1.90 bits per heavy atom. The van der Waals surface area contributed by atoms with E-state index in [0.717, 1.165) is 22.5 Å². The van der Waals surface area contributed by atoms with Crippen LogP contribution in [0.2, 0.25) is 0 Å². The van der Waals surface area contributed by atoms with Crippen LogP contribution >= 0.6 is 0 Å². The van der Waals surface area contributed by atoms with E-state index in [9.17, 15) is 9.59 Å². The molecule has 0 unspecified atom stereocenters. The maximum absolute atomic E-state index is 13.1. The van der Waals surface area contributed by atoms with Crippen LogP contribution in [-0.2, 0) is 24.8 Å². The smallest absolute Gasteiger partial charge is 0.410 e. The molecule has 0 saturated heterocycles. The van der Waals surface area contributed by atoms with Gasteiger partial charge in [0.1, 0.15) is 11.3 Å². The van der Waals surface area contributed by atoms with Crippen LogP contribution in [0.25, 0.3) is 0 Å². The predicted molar refractivity (Wildman–Crippen MR) is 112 cm³/mol. The SMILES string of the molecule is CC(C)c1ccccc1NC(=O)c1c2c(nn1C)CCN(C(=O)OC(C)(C)C)C2. The van der Waals surface area contributed by atoms with E-state index in [4.69, 9.17) is 4.74 Å². The van der Waals surface area contributed by atoms with Gasteiger partial charge in [0.25, 0.3) is 5.91 Å². The summed E-state index contributed by atoms with van der Waals surface area (Å²) >= 11 is 0. The van der Waals surface area contributed by atoms with Crippen LogP contribution < -0.4 is 5.32 Å². The van der Waals surface area contributed by atoms with Gasteiger partial charge in [-0.15, -0.1) is 0 Å². The number of para-hydroxylation sites is 1. The average molecular weight is 399 g/mol. The first kappa shape index (κ1) is 20.9. The Labute approximate surface area is 172 Å². The third-order valence-corrected chi connectivity index (χ3v) is 4.89. The number of aryl methyl sites for hydroxylation is 1. The highest BCUT2D eigenvalue weighted by Crippen LogP contribution is 2.27. The lowest BCUT2D eigenvalue weighted by Crippen LogP contribution is -2.40. The molecular formula is C22H30N4O3. The number of rotatable bonds is 3. The zero-order valence-electron chi connectivity index (χ0n) is 18.1. The minimum Gasteiger partial charge on any atom is -0.444 e. The molecule has 29 heavy (non-hydrogen) atoms. The molecule has 0 saturated carbocycles. The van der Waals surface area contributed by atoms with Gasteiger partial charge in [0.15, 0.2) is 0 Å². The van der Waals surface area contributed by atoms with Crippen molar-refractivity contribution in [3.05, 3.63) is 46.8 Å². The molecular weight excluding hydrogens is 368 g/mol. The molecule has 7 heteroatoms. The van der Waals surface area contributed by atoms with Crippen LogP contribution in [0, 0.1) is 0 Å². The van der Waals surface area contributed by atoms with Gasteiger partial charge in [-0.05, 0) is 38.3 Å². The summed E-state index contributed by atoms with van der Waals surface area (Å²) in [7, 11) is 1.76.